The Morgan fingerprint density at radius 3 is 3.25 bits per heavy atom. The highest BCUT2D eigenvalue weighted by Gasteiger charge is 2.10. The van der Waals surface area contributed by atoms with Crippen molar-refractivity contribution >= 4 is 0 Å². The van der Waals surface area contributed by atoms with E-state index in [1.807, 2.05) is 6.08 Å². The Balaban J connectivity index is 2.34. The monoisotopic (exact) mass is 159 g/mol. The molecule has 0 aromatic rings. The summed E-state index contributed by atoms with van der Waals surface area (Å²) in [4.78, 5) is 0. The first kappa shape index (κ1) is 7.41. The van der Waals surface area contributed by atoms with Gasteiger partial charge in [-0.1, -0.05) is 24.8 Å². The van der Waals surface area contributed by atoms with Crippen molar-refractivity contribution in [2.24, 2.45) is 0 Å². The fourth-order valence-electron chi connectivity index (χ4n) is 1.61. The van der Waals surface area contributed by atoms with Gasteiger partial charge in [0.1, 0.15) is 0 Å². The summed E-state index contributed by atoms with van der Waals surface area (Å²) in [5, 5.41) is 3.38. The first-order valence-electron chi connectivity index (χ1n) is 4.38. The molecule has 0 bridgehead atoms. The zero-order valence-corrected chi connectivity index (χ0v) is 7.14. The van der Waals surface area contributed by atoms with Gasteiger partial charge in [-0.15, -0.1) is 0 Å². The molecular formula is C11H13N. The molecule has 1 heteroatoms. The summed E-state index contributed by atoms with van der Waals surface area (Å²) >= 11 is 0. The third-order valence-corrected chi connectivity index (χ3v) is 2.22. The van der Waals surface area contributed by atoms with Gasteiger partial charge in [0.25, 0.3) is 0 Å². The molecule has 1 aliphatic heterocycles. The Morgan fingerprint density at radius 2 is 2.33 bits per heavy atom. The molecule has 0 radical (unpaired) electrons. The Hall–Kier alpha value is -1.24. The van der Waals surface area contributed by atoms with Crippen LogP contribution in [0, 0.1) is 0 Å². The molecule has 0 saturated carbocycles. The quantitative estimate of drug-likeness (QED) is 0.572. The maximum atomic E-state index is 3.94. The summed E-state index contributed by atoms with van der Waals surface area (Å²) in [5.41, 5.74) is 3.77. The molecule has 0 unspecified atom stereocenters. The highest BCUT2D eigenvalue weighted by Crippen LogP contribution is 2.22. The minimum atomic E-state index is 1.10. The molecule has 0 atom stereocenters. The lowest BCUT2D eigenvalue weighted by atomic mass is 10.0. The first-order chi connectivity index (χ1) is 5.86. The number of hydrogen-bond donors (Lipinski definition) is 1. The van der Waals surface area contributed by atoms with E-state index in [0.29, 0.717) is 0 Å². The summed E-state index contributed by atoms with van der Waals surface area (Å²) in [6.07, 6.45) is 10.8. The standard InChI is InChI=1S/C11H13N/c1-9-4-2-6-11-10(8-9)5-3-7-12-11/h2,4,6,8,12H,1,3,5,7H2. The average molecular weight is 159 g/mol. The van der Waals surface area contributed by atoms with Gasteiger partial charge in [0, 0.05) is 12.2 Å². The van der Waals surface area contributed by atoms with E-state index in [1.54, 1.807) is 0 Å². The molecular weight excluding hydrogens is 146 g/mol. The molecule has 62 valence electrons. The molecule has 2 rings (SSSR count). The van der Waals surface area contributed by atoms with E-state index in [0.717, 1.165) is 12.1 Å². The van der Waals surface area contributed by atoms with Crippen LogP contribution in [0.5, 0.6) is 0 Å². The Labute approximate surface area is 73.2 Å². The van der Waals surface area contributed by atoms with Crippen molar-refractivity contribution in [1.29, 1.82) is 0 Å². The van der Waals surface area contributed by atoms with E-state index in [2.05, 4.69) is 30.1 Å². The smallest absolute Gasteiger partial charge is 0.0372 e. The first-order valence-corrected chi connectivity index (χ1v) is 4.38. The summed E-state index contributed by atoms with van der Waals surface area (Å²) in [6.45, 7) is 5.04. The van der Waals surface area contributed by atoms with E-state index < -0.39 is 0 Å². The third kappa shape index (κ3) is 1.35. The van der Waals surface area contributed by atoms with Gasteiger partial charge in [0.15, 0.2) is 0 Å². The van der Waals surface area contributed by atoms with Crippen LogP contribution in [0.1, 0.15) is 12.8 Å². The van der Waals surface area contributed by atoms with E-state index >= 15 is 0 Å². The fourth-order valence-corrected chi connectivity index (χ4v) is 1.61. The van der Waals surface area contributed by atoms with Gasteiger partial charge in [-0.05, 0) is 30.1 Å². The van der Waals surface area contributed by atoms with Crippen molar-refractivity contribution in [1.82, 2.24) is 5.32 Å². The van der Waals surface area contributed by atoms with E-state index in [9.17, 15) is 0 Å². The van der Waals surface area contributed by atoms with Crippen molar-refractivity contribution in [3.8, 4) is 0 Å². The minimum Gasteiger partial charge on any atom is -0.385 e. The lowest BCUT2D eigenvalue weighted by Crippen LogP contribution is -2.21. The number of fused-ring (bicyclic) bond motifs is 1. The van der Waals surface area contributed by atoms with Crippen LogP contribution in [-0.2, 0) is 0 Å². The van der Waals surface area contributed by atoms with Gasteiger partial charge in [-0.2, -0.15) is 0 Å². The van der Waals surface area contributed by atoms with Crippen LogP contribution in [0.2, 0.25) is 0 Å². The molecule has 1 N–H and O–H groups in total. The normalized spacial score (nSPS) is 21.8. The summed E-state index contributed by atoms with van der Waals surface area (Å²) in [7, 11) is 0. The number of piperidine rings is 1. The fraction of sp³-hybridized carbons (Fsp3) is 0.273. The van der Waals surface area contributed by atoms with Crippen LogP contribution in [-0.4, -0.2) is 6.54 Å². The minimum absolute atomic E-state index is 1.10. The van der Waals surface area contributed by atoms with Gasteiger partial charge in [-0.3, -0.25) is 0 Å². The Morgan fingerprint density at radius 1 is 1.42 bits per heavy atom. The molecule has 2 aliphatic rings. The van der Waals surface area contributed by atoms with E-state index in [-0.39, 0.29) is 0 Å². The topological polar surface area (TPSA) is 12.0 Å². The average Bonchev–Trinajstić information content (AvgIpc) is 2.25. The molecule has 0 amide bonds. The molecule has 1 aliphatic carbocycles. The van der Waals surface area contributed by atoms with Crippen LogP contribution < -0.4 is 5.32 Å². The number of nitrogens with one attached hydrogen (secondary N) is 1. The summed E-state index contributed by atoms with van der Waals surface area (Å²) in [5.74, 6) is 0. The van der Waals surface area contributed by atoms with Crippen molar-refractivity contribution in [3.05, 3.63) is 47.7 Å². The van der Waals surface area contributed by atoms with Crippen LogP contribution in [0.4, 0.5) is 0 Å². The summed E-state index contributed by atoms with van der Waals surface area (Å²) < 4.78 is 0. The van der Waals surface area contributed by atoms with Crippen molar-refractivity contribution in [3.63, 3.8) is 0 Å². The van der Waals surface area contributed by atoms with Crippen LogP contribution >= 0.6 is 0 Å². The highest BCUT2D eigenvalue weighted by molar-refractivity contribution is 5.45. The van der Waals surface area contributed by atoms with Crippen LogP contribution in [0.15, 0.2) is 47.7 Å². The van der Waals surface area contributed by atoms with Crippen LogP contribution in [0.3, 0.4) is 0 Å². The molecule has 0 aromatic carbocycles. The molecule has 1 heterocycles. The van der Waals surface area contributed by atoms with E-state index in [4.69, 9.17) is 0 Å². The third-order valence-electron chi connectivity index (χ3n) is 2.22. The maximum absolute atomic E-state index is 3.94. The predicted molar refractivity (Wildman–Crippen MR) is 51.7 cm³/mol. The van der Waals surface area contributed by atoms with Gasteiger partial charge >= 0.3 is 0 Å². The Bertz CT molecular complexity index is 292. The van der Waals surface area contributed by atoms with Gasteiger partial charge < -0.3 is 5.32 Å². The molecule has 0 aromatic heterocycles. The van der Waals surface area contributed by atoms with Crippen molar-refractivity contribution < 1.29 is 0 Å². The van der Waals surface area contributed by atoms with Crippen molar-refractivity contribution in [2.45, 2.75) is 12.8 Å². The van der Waals surface area contributed by atoms with Crippen molar-refractivity contribution in [2.75, 3.05) is 6.54 Å². The zero-order valence-electron chi connectivity index (χ0n) is 7.14. The molecule has 1 saturated heterocycles. The largest absolute Gasteiger partial charge is 0.385 e. The second-order valence-corrected chi connectivity index (χ2v) is 3.21. The van der Waals surface area contributed by atoms with Gasteiger partial charge in [-0.25, -0.2) is 0 Å². The van der Waals surface area contributed by atoms with Gasteiger partial charge in [0.05, 0.1) is 0 Å². The molecule has 1 fully saturated rings. The number of rotatable bonds is 0. The van der Waals surface area contributed by atoms with Crippen LogP contribution in [0.25, 0.3) is 0 Å². The molecule has 12 heavy (non-hydrogen) atoms. The zero-order chi connectivity index (χ0) is 8.39. The second kappa shape index (κ2) is 3.02. The predicted octanol–water partition coefficient (Wildman–Crippen LogP) is 2.31. The SMILES string of the molecule is C=C1C=CC=C2NCCCC2=C1. The summed E-state index contributed by atoms with van der Waals surface area (Å²) in [6, 6.07) is 0. The molecule has 1 nitrogen and oxygen atoms in total. The Kier molecular flexibility index (Phi) is 1.86. The van der Waals surface area contributed by atoms with Gasteiger partial charge in [0.2, 0.25) is 0 Å². The lowest BCUT2D eigenvalue weighted by molar-refractivity contribution is 0.669. The number of hydrogen-bond acceptors (Lipinski definition) is 1. The molecule has 0 spiro atoms. The highest BCUT2D eigenvalue weighted by atomic mass is 14.9. The maximum Gasteiger partial charge on any atom is 0.0372 e. The van der Waals surface area contributed by atoms with E-state index in [1.165, 1.54) is 24.1 Å². The number of allylic oxidation sites excluding steroid dienone is 6. The second-order valence-electron chi connectivity index (χ2n) is 3.21. The lowest BCUT2D eigenvalue weighted by Gasteiger charge is -2.19.